The van der Waals surface area contributed by atoms with Gasteiger partial charge in [-0.1, -0.05) is 29.5 Å². The summed E-state index contributed by atoms with van der Waals surface area (Å²) in [4.78, 5) is 12.0. The molecule has 4 rings (SSSR count). The van der Waals surface area contributed by atoms with Gasteiger partial charge in [0.25, 0.3) is 5.19 Å². The average Bonchev–Trinajstić information content (AvgIpc) is 3.28. The molecule has 1 aliphatic carbocycles. The number of thiazole rings is 1. The lowest BCUT2D eigenvalue weighted by Crippen LogP contribution is -2.20. The van der Waals surface area contributed by atoms with Crippen molar-refractivity contribution in [3.05, 3.63) is 54.4 Å². The van der Waals surface area contributed by atoms with Gasteiger partial charge in [0, 0.05) is 38.7 Å². The summed E-state index contributed by atoms with van der Waals surface area (Å²) in [5.74, 6) is 2.40. The number of hydrogen-bond donors (Lipinski definition) is 1. The van der Waals surface area contributed by atoms with Gasteiger partial charge >= 0.3 is 0 Å². The lowest BCUT2D eigenvalue weighted by atomic mass is 9.79. The van der Waals surface area contributed by atoms with E-state index in [9.17, 15) is 0 Å². The number of hydrogen-bond acceptors (Lipinski definition) is 6. The van der Waals surface area contributed by atoms with Crippen molar-refractivity contribution in [2.75, 3.05) is 38.0 Å². The summed E-state index contributed by atoms with van der Waals surface area (Å²) >= 11 is 1.57. The number of benzene rings is 1. The normalized spacial score (nSPS) is 18.8. The molecule has 2 heterocycles. The number of nitrogens with zero attached hydrogens (tertiary/aromatic N) is 3. The van der Waals surface area contributed by atoms with Crippen molar-refractivity contribution < 1.29 is 4.74 Å². The molecule has 1 saturated carbocycles. The van der Waals surface area contributed by atoms with E-state index in [1.165, 1.54) is 42.5 Å². The summed E-state index contributed by atoms with van der Waals surface area (Å²) in [6.07, 6.45) is 8.96. The third-order valence-electron chi connectivity index (χ3n) is 5.95. The lowest BCUT2D eigenvalue weighted by Gasteiger charge is -2.29. The van der Waals surface area contributed by atoms with Crippen LogP contribution < -0.4 is 15.0 Å². The number of aromatic nitrogens is 2. The molecular formula is C24H30N4OS. The van der Waals surface area contributed by atoms with Crippen molar-refractivity contribution in [2.45, 2.75) is 31.6 Å². The molecule has 1 aliphatic rings. The maximum Gasteiger partial charge on any atom is 0.273 e. The zero-order valence-electron chi connectivity index (χ0n) is 18.0. The van der Waals surface area contributed by atoms with E-state index in [0.29, 0.717) is 11.1 Å². The summed E-state index contributed by atoms with van der Waals surface area (Å²) in [7, 11) is 5.72. The van der Waals surface area contributed by atoms with Gasteiger partial charge in [0.05, 0.1) is 12.0 Å². The van der Waals surface area contributed by atoms with Gasteiger partial charge in [-0.25, -0.2) is 9.97 Å². The zero-order chi connectivity index (χ0) is 20.9. The third kappa shape index (κ3) is 4.93. The molecule has 0 bridgehead atoms. The SMILES string of the molecule is COc1ncc(-c2cccc(NC[C@H]3CC[C@H](c4ccc(N(C)C)nc4)CC3)c2)s1. The van der Waals surface area contributed by atoms with Gasteiger partial charge in [0.1, 0.15) is 5.82 Å². The highest BCUT2D eigenvalue weighted by Crippen LogP contribution is 2.36. The minimum atomic E-state index is 0.648. The second-order valence-corrected chi connectivity index (χ2v) is 9.21. The molecule has 6 heteroatoms. The molecule has 0 spiro atoms. The van der Waals surface area contributed by atoms with Crippen LogP contribution in [0.1, 0.15) is 37.2 Å². The minimum absolute atomic E-state index is 0.648. The summed E-state index contributed by atoms with van der Waals surface area (Å²) < 4.78 is 5.22. The molecule has 5 nitrogen and oxygen atoms in total. The highest BCUT2D eigenvalue weighted by molar-refractivity contribution is 7.16. The van der Waals surface area contributed by atoms with E-state index >= 15 is 0 Å². The first-order valence-electron chi connectivity index (χ1n) is 10.6. The van der Waals surface area contributed by atoms with Gasteiger partial charge in [-0.2, -0.15) is 0 Å². The van der Waals surface area contributed by atoms with E-state index in [1.807, 2.05) is 25.2 Å². The lowest BCUT2D eigenvalue weighted by molar-refractivity contribution is 0.338. The van der Waals surface area contributed by atoms with Crippen LogP contribution in [0.4, 0.5) is 11.5 Å². The van der Waals surface area contributed by atoms with E-state index in [1.54, 1.807) is 18.4 Å². The predicted molar refractivity (Wildman–Crippen MR) is 126 cm³/mol. The topological polar surface area (TPSA) is 50.3 Å². The van der Waals surface area contributed by atoms with Crippen LogP contribution in [-0.4, -0.2) is 37.7 Å². The first kappa shape index (κ1) is 20.7. The molecule has 158 valence electrons. The number of rotatable bonds is 7. The molecule has 0 amide bonds. The second-order valence-electron chi connectivity index (χ2n) is 8.22. The Bertz CT molecular complexity index is 946. The Kier molecular flexibility index (Phi) is 6.53. The van der Waals surface area contributed by atoms with E-state index < -0.39 is 0 Å². The van der Waals surface area contributed by atoms with Crippen molar-refractivity contribution in [1.82, 2.24) is 9.97 Å². The van der Waals surface area contributed by atoms with Crippen LogP contribution in [0.25, 0.3) is 10.4 Å². The number of methoxy groups -OCH3 is 1. The maximum absolute atomic E-state index is 5.22. The number of nitrogens with one attached hydrogen (secondary N) is 1. The number of ether oxygens (including phenoxy) is 1. The van der Waals surface area contributed by atoms with Gasteiger partial charge in [-0.05, 0) is 66.8 Å². The van der Waals surface area contributed by atoms with Gasteiger partial charge in [0.2, 0.25) is 0 Å². The minimum Gasteiger partial charge on any atom is -0.473 e. The molecular weight excluding hydrogens is 392 g/mol. The van der Waals surface area contributed by atoms with Crippen LogP contribution in [0.3, 0.4) is 0 Å². The standard InChI is InChI=1S/C24H30N4OS/c1-28(2)23-12-11-20(15-26-23)18-9-7-17(8-10-18)14-25-21-6-4-5-19(13-21)22-16-27-24(29-3)30-22/h4-6,11-13,15-18,25H,7-10,14H2,1-3H3/t17-,18-. The maximum atomic E-state index is 5.22. The molecule has 0 atom stereocenters. The van der Waals surface area contributed by atoms with Gasteiger partial charge < -0.3 is 15.0 Å². The quantitative estimate of drug-likeness (QED) is 0.532. The monoisotopic (exact) mass is 422 g/mol. The van der Waals surface area contributed by atoms with Crippen molar-refractivity contribution in [3.8, 4) is 15.6 Å². The summed E-state index contributed by atoms with van der Waals surface area (Å²) in [5.41, 5.74) is 3.74. The Morgan fingerprint density at radius 2 is 1.90 bits per heavy atom. The van der Waals surface area contributed by atoms with Crippen LogP contribution in [0.2, 0.25) is 0 Å². The van der Waals surface area contributed by atoms with Crippen molar-refractivity contribution in [2.24, 2.45) is 5.92 Å². The first-order valence-corrected chi connectivity index (χ1v) is 11.4. The zero-order valence-corrected chi connectivity index (χ0v) is 18.8. The summed E-state index contributed by atoms with van der Waals surface area (Å²) in [6.45, 7) is 1.03. The Balaban J connectivity index is 1.29. The summed E-state index contributed by atoms with van der Waals surface area (Å²) in [6, 6.07) is 13.0. The summed E-state index contributed by atoms with van der Waals surface area (Å²) in [5, 5.41) is 4.36. The van der Waals surface area contributed by atoms with Crippen LogP contribution >= 0.6 is 11.3 Å². The molecule has 1 fully saturated rings. The number of pyridine rings is 1. The van der Waals surface area contributed by atoms with E-state index in [-0.39, 0.29) is 0 Å². The van der Waals surface area contributed by atoms with Gasteiger partial charge in [-0.3, -0.25) is 0 Å². The van der Waals surface area contributed by atoms with Crippen LogP contribution in [0.15, 0.2) is 48.8 Å². The van der Waals surface area contributed by atoms with Crippen LogP contribution in [0.5, 0.6) is 5.19 Å². The Hall–Kier alpha value is -2.60. The number of anilines is 2. The van der Waals surface area contributed by atoms with Crippen molar-refractivity contribution in [1.29, 1.82) is 0 Å². The molecule has 0 aliphatic heterocycles. The molecule has 0 radical (unpaired) electrons. The van der Waals surface area contributed by atoms with E-state index in [2.05, 4.69) is 57.9 Å². The second kappa shape index (κ2) is 9.47. The van der Waals surface area contributed by atoms with Gasteiger partial charge in [0.15, 0.2) is 0 Å². The Morgan fingerprint density at radius 1 is 1.07 bits per heavy atom. The third-order valence-corrected chi connectivity index (χ3v) is 6.96. The highest BCUT2D eigenvalue weighted by atomic mass is 32.1. The fourth-order valence-corrected chi connectivity index (χ4v) is 4.86. The van der Waals surface area contributed by atoms with E-state index in [0.717, 1.165) is 23.2 Å². The molecule has 0 saturated heterocycles. The molecule has 1 N–H and O–H groups in total. The van der Waals surface area contributed by atoms with Crippen LogP contribution in [0, 0.1) is 5.92 Å². The smallest absolute Gasteiger partial charge is 0.273 e. The molecule has 2 aromatic heterocycles. The molecule has 30 heavy (non-hydrogen) atoms. The predicted octanol–water partition coefficient (Wildman–Crippen LogP) is 5.67. The van der Waals surface area contributed by atoms with Crippen molar-refractivity contribution >= 4 is 22.8 Å². The first-order chi connectivity index (χ1) is 14.6. The van der Waals surface area contributed by atoms with E-state index in [4.69, 9.17) is 4.74 Å². The highest BCUT2D eigenvalue weighted by Gasteiger charge is 2.22. The Morgan fingerprint density at radius 3 is 2.57 bits per heavy atom. The van der Waals surface area contributed by atoms with Gasteiger partial charge in [-0.15, -0.1) is 0 Å². The van der Waals surface area contributed by atoms with Crippen molar-refractivity contribution in [3.63, 3.8) is 0 Å². The fraction of sp³-hybridized carbons (Fsp3) is 0.417. The van der Waals surface area contributed by atoms with Crippen LogP contribution in [-0.2, 0) is 0 Å². The Labute approximate surface area is 183 Å². The average molecular weight is 423 g/mol. The molecule has 3 aromatic rings. The fourth-order valence-electron chi connectivity index (χ4n) is 4.13. The molecule has 1 aromatic carbocycles. The largest absolute Gasteiger partial charge is 0.473 e. The molecule has 0 unspecified atom stereocenters.